The van der Waals surface area contributed by atoms with Gasteiger partial charge >= 0.3 is 6.01 Å². The zero-order valence-electron chi connectivity index (χ0n) is 8.21. The molecule has 0 unspecified atom stereocenters. The summed E-state index contributed by atoms with van der Waals surface area (Å²) >= 11 is 11.2. The van der Waals surface area contributed by atoms with Gasteiger partial charge in [-0.05, 0) is 43.5 Å². The van der Waals surface area contributed by atoms with Crippen molar-refractivity contribution in [3.63, 3.8) is 0 Å². The van der Waals surface area contributed by atoms with Crippen LogP contribution in [0.25, 0.3) is 0 Å². The van der Waals surface area contributed by atoms with Gasteiger partial charge in [0.25, 0.3) is 0 Å². The average Bonchev–Trinajstić information content (AvgIpc) is 2.01. The molecule has 1 rings (SSSR count). The number of rotatable bonds is 3. The summed E-state index contributed by atoms with van der Waals surface area (Å²) in [6.07, 6.45) is 0.827. The Bertz CT molecular complexity index is 310. The lowest BCUT2D eigenvalue weighted by Crippen LogP contribution is -2.27. The van der Waals surface area contributed by atoms with Crippen LogP contribution in [0.4, 0.5) is 0 Å². The molecule has 0 saturated heterocycles. The standard InChI is InChI=1S/C8H11Cl2N3O/c1-4-8(2,3)14-7-12-5(9)11-6(10)13-7/h4H2,1-3H3. The summed E-state index contributed by atoms with van der Waals surface area (Å²) in [4.78, 5) is 11.2. The number of aromatic nitrogens is 3. The van der Waals surface area contributed by atoms with Crippen LogP contribution in [0.5, 0.6) is 6.01 Å². The summed E-state index contributed by atoms with van der Waals surface area (Å²) in [6, 6.07) is 0.154. The van der Waals surface area contributed by atoms with Crippen LogP contribution in [0.2, 0.25) is 10.6 Å². The van der Waals surface area contributed by atoms with Gasteiger partial charge in [0, 0.05) is 0 Å². The Labute approximate surface area is 92.6 Å². The Hall–Kier alpha value is -0.610. The van der Waals surface area contributed by atoms with E-state index in [1.807, 2.05) is 20.8 Å². The Morgan fingerprint density at radius 3 is 2.07 bits per heavy atom. The van der Waals surface area contributed by atoms with Crippen molar-refractivity contribution in [3.05, 3.63) is 10.6 Å². The topological polar surface area (TPSA) is 47.9 Å². The minimum Gasteiger partial charge on any atom is -0.457 e. The van der Waals surface area contributed by atoms with Crippen LogP contribution in [0.15, 0.2) is 0 Å². The van der Waals surface area contributed by atoms with E-state index < -0.39 is 0 Å². The van der Waals surface area contributed by atoms with Gasteiger partial charge in [0.2, 0.25) is 10.6 Å². The summed E-state index contributed by atoms with van der Waals surface area (Å²) < 4.78 is 5.48. The van der Waals surface area contributed by atoms with Gasteiger partial charge in [-0.15, -0.1) is 0 Å². The summed E-state index contributed by atoms with van der Waals surface area (Å²) in [7, 11) is 0. The van der Waals surface area contributed by atoms with Crippen molar-refractivity contribution in [2.75, 3.05) is 0 Å². The molecule has 0 spiro atoms. The zero-order valence-corrected chi connectivity index (χ0v) is 9.72. The molecule has 0 aliphatic carbocycles. The predicted octanol–water partition coefficient (Wildman–Crippen LogP) is 2.75. The van der Waals surface area contributed by atoms with Crippen LogP contribution in [-0.4, -0.2) is 20.6 Å². The molecule has 78 valence electrons. The number of ether oxygens (including phenoxy) is 1. The number of nitrogens with zero attached hydrogens (tertiary/aromatic N) is 3. The van der Waals surface area contributed by atoms with Crippen LogP contribution >= 0.6 is 23.2 Å². The van der Waals surface area contributed by atoms with Gasteiger partial charge in [-0.3, -0.25) is 0 Å². The molecule has 0 N–H and O–H groups in total. The highest BCUT2D eigenvalue weighted by atomic mass is 35.5. The highest BCUT2D eigenvalue weighted by Crippen LogP contribution is 2.19. The lowest BCUT2D eigenvalue weighted by Gasteiger charge is -2.22. The van der Waals surface area contributed by atoms with E-state index >= 15 is 0 Å². The maximum absolute atomic E-state index is 5.60. The normalized spacial score (nSPS) is 11.5. The molecule has 0 aliphatic heterocycles. The van der Waals surface area contributed by atoms with Gasteiger partial charge in [0.15, 0.2) is 0 Å². The monoisotopic (exact) mass is 235 g/mol. The smallest absolute Gasteiger partial charge is 0.322 e. The Morgan fingerprint density at radius 1 is 1.14 bits per heavy atom. The highest BCUT2D eigenvalue weighted by molar-refractivity contribution is 6.31. The van der Waals surface area contributed by atoms with Gasteiger partial charge in [-0.2, -0.15) is 15.0 Å². The van der Waals surface area contributed by atoms with Gasteiger partial charge in [-0.1, -0.05) is 6.92 Å². The summed E-state index contributed by atoms with van der Waals surface area (Å²) in [5.41, 5.74) is -0.339. The fraction of sp³-hybridized carbons (Fsp3) is 0.625. The van der Waals surface area contributed by atoms with Crippen LogP contribution in [0.1, 0.15) is 27.2 Å². The van der Waals surface area contributed by atoms with E-state index in [1.54, 1.807) is 0 Å². The SMILES string of the molecule is CCC(C)(C)Oc1nc(Cl)nc(Cl)n1. The van der Waals surface area contributed by atoms with E-state index in [1.165, 1.54) is 0 Å². The van der Waals surface area contributed by atoms with E-state index in [-0.39, 0.29) is 22.2 Å². The molecule has 14 heavy (non-hydrogen) atoms. The predicted molar refractivity (Wildman–Crippen MR) is 54.8 cm³/mol. The van der Waals surface area contributed by atoms with Gasteiger partial charge < -0.3 is 4.74 Å². The fourth-order valence-electron chi connectivity index (χ4n) is 0.674. The average molecular weight is 236 g/mol. The minimum absolute atomic E-state index is 0.0342. The molecule has 0 aromatic carbocycles. The molecule has 4 nitrogen and oxygen atoms in total. The van der Waals surface area contributed by atoms with Crippen molar-refractivity contribution in [2.45, 2.75) is 32.8 Å². The van der Waals surface area contributed by atoms with Gasteiger partial charge in [0.05, 0.1) is 0 Å². The van der Waals surface area contributed by atoms with Crippen molar-refractivity contribution in [1.29, 1.82) is 0 Å². The van der Waals surface area contributed by atoms with E-state index in [9.17, 15) is 0 Å². The van der Waals surface area contributed by atoms with Crippen molar-refractivity contribution in [1.82, 2.24) is 15.0 Å². The van der Waals surface area contributed by atoms with Crippen molar-refractivity contribution >= 4 is 23.2 Å². The molecule has 0 fully saturated rings. The molecule has 0 aliphatic rings. The van der Waals surface area contributed by atoms with Gasteiger partial charge in [-0.25, -0.2) is 0 Å². The van der Waals surface area contributed by atoms with Crippen LogP contribution < -0.4 is 4.74 Å². The first kappa shape index (κ1) is 11.5. The minimum atomic E-state index is -0.339. The van der Waals surface area contributed by atoms with E-state index in [2.05, 4.69) is 15.0 Å². The number of hydrogen-bond donors (Lipinski definition) is 0. The zero-order chi connectivity index (χ0) is 10.8. The Morgan fingerprint density at radius 2 is 1.64 bits per heavy atom. The first-order chi connectivity index (χ1) is 6.43. The molecule has 0 saturated carbocycles. The Balaban J connectivity index is 2.87. The Kier molecular flexibility index (Phi) is 3.50. The van der Waals surface area contributed by atoms with Crippen LogP contribution in [-0.2, 0) is 0 Å². The van der Waals surface area contributed by atoms with Crippen LogP contribution in [0, 0.1) is 0 Å². The first-order valence-corrected chi connectivity index (χ1v) is 4.94. The number of halogens is 2. The summed E-state index contributed by atoms with van der Waals surface area (Å²) in [5, 5.41) is 0.0683. The van der Waals surface area contributed by atoms with E-state index in [0.29, 0.717) is 0 Å². The molecule has 0 amide bonds. The second-order valence-corrected chi connectivity index (χ2v) is 4.05. The molecular formula is C8H11Cl2N3O. The maximum Gasteiger partial charge on any atom is 0.322 e. The molecule has 1 heterocycles. The lowest BCUT2D eigenvalue weighted by atomic mass is 10.1. The molecule has 1 aromatic heterocycles. The molecule has 0 atom stereocenters. The van der Waals surface area contributed by atoms with Crippen molar-refractivity contribution in [3.8, 4) is 6.01 Å². The van der Waals surface area contributed by atoms with Gasteiger partial charge in [0.1, 0.15) is 5.60 Å². The van der Waals surface area contributed by atoms with Crippen molar-refractivity contribution in [2.24, 2.45) is 0 Å². The highest BCUT2D eigenvalue weighted by Gasteiger charge is 2.19. The fourth-order valence-corrected chi connectivity index (χ4v) is 1.02. The third-order valence-electron chi connectivity index (χ3n) is 1.78. The third-order valence-corrected chi connectivity index (χ3v) is 2.12. The molecule has 0 bridgehead atoms. The second kappa shape index (κ2) is 4.28. The molecule has 6 heteroatoms. The largest absolute Gasteiger partial charge is 0.457 e. The molecule has 0 radical (unpaired) electrons. The van der Waals surface area contributed by atoms with Crippen molar-refractivity contribution < 1.29 is 4.74 Å². The second-order valence-electron chi connectivity index (χ2n) is 3.37. The third kappa shape index (κ3) is 3.27. The first-order valence-electron chi connectivity index (χ1n) is 4.19. The van der Waals surface area contributed by atoms with Crippen LogP contribution in [0.3, 0.4) is 0 Å². The maximum atomic E-state index is 5.60. The lowest BCUT2D eigenvalue weighted by molar-refractivity contribution is 0.0921. The van der Waals surface area contributed by atoms with E-state index in [4.69, 9.17) is 27.9 Å². The quantitative estimate of drug-likeness (QED) is 0.809. The number of hydrogen-bond acceptors (Lipinski definition) is 4. The molecule has 1 aromatic rings. The molecular weight excluding hydrogens is 225 g/mol. The summed E-state index contributed by atoms with van der Waals surface area (Å²) in [6.45, 7) is 5.86. The van der Waals surface area contributed by atoms with E-state index in [0.717, 1.165) is 6.42 Å². The summed E-state index contributed by atoms with van der Waals surface area (Å²) in [5.74, 6) is 0.